The van der Waals surface area contributed by atoms with Crippen LogP contribution in [-0.2, 0) is 6.54 Å². The van der Waals surface area contributed by atoms with E-state index in [1.165, 1.54) is 6.07 Å². The molecule has 0 aliphatic carbocycles. The number of H-pyrrole nitrogens is 1. The van der Waals surface area contributed by atoms with Crippen LogP contribution < -0.4 is 5.32 Å². The summed E-state index contributed by atoms with van der Waals surface area (Å²) < 4.78 is 4.95. The average molecular weight is 208 g/mol. The van der Waals surface area contributed by atoms with Crippen molar-refractivity contribution in [2.75, 3.05) is 5.32 Å². The molecule has 2 aromatic rings. The molecule has 0 amide bonds. The molecular formula is C8H8N4O3. The molecule has 0 saturated heterocycles. The molecule has 2 rings (SSSR count). The largest absolute Gasteiger partial charge is 0.433 e. The fourth-order valence-electron chi connectivity index (χ4n) is 1.10. The third-order valence-corrected chi connectivity index (χ3v) is 1.79. The highest BCUT2D eigenvalue weighted by molar-refractivity contribution is 5.37. The van der Waals surface area contributed by atoms with Gasteiger partial charge in [0.2, 0.25) is 0 Å². The first-order chi connectivity index (χ1) is 7.25. The van der Waals surface area contributed by atoms with Gasteiger partial charge in [-0.25, -0.2) is 0 Å². The molecule has 2 heterocycles. The molecule has 15 heavy (non-hydrogen) atoms. The van der Waals surface area contributed by atoms with Gasteiger partial charge in [-0.05, 0) is 6.07 Å². The first kappa shape index (κ1) is 9.25. The van der Waals surface area contributed by atoms with Gasteiger partial charge >= 0.3 is 5.88 Å². The Hall–Kier alpha value is -2.31. The zero-order valence-corrected chi connectivity index (χ0v) is 7.64. The number of furan rings is 1. The number of aromatic nitrogens is 2. The number of nitrogens with zero attached hydrogens (tertiary/aromatic N) is 2. The van der Waals surface area contributed by atoms with E-state index in [2.05, 4.69) is 15.5 Å². The summed E-state index contributed by atoms with van der Waals surface area (Å²) >= 11 is 0. The van der Waals surface area contributed by atoms with E-state index < -0.39 is 4.92 Å². The second kappa shape index (κ2) is 3.82. The van der Waals surface area contributed by atoms with Crippen LogP contribution in [0.2, 0.25) is 0 Å². The first-order valence-corrected chi connectivity index (χ1v) is 4.21. The van der Waals surface area contributed by atoms with Crippen LogP contribution in [0.1, 0.15) is 5.76 Å². The summed E-state index contributed by atoms with van der Waals surface area (Å²) in [6.45, 7) is 0.382. The molecule has 0 saturated carbocycles. The molecule has 2 aromatic heterocycles. The van der Waals surface area contributed by atoms with Gasteiger partial charge in [0.25, 0.3) is 0 Å². The van der Waals surface area contributed by atoms with Gasteiger partial charge < -0.3 is 9.73 Å². The molecule has 7 heteroatoms. The van der Waals surface area contributed by atoms with Crippen LogP contribution in [-0.4, -0.2) is 15.1 Å². The number of rotatable bonds is 4. The van der Waals surface area contributed by atoms with E-state index in [1.807, 2.05) is 0 Å². The normalized spacial score (nSPS) is 10.1. The van der Waals surface area contributed by atoms with Crippen molar-refractivity contribution < 1.29 is 9.34 Å². The quantitative estimate of drug-likeness (QED) is 0.586. The molecule has 0 bridgehead atoms. The molecule has 0 fully saturated rings. The third-order valence-electron chi connectivity index (χ3n) is 1.79. The summed E-state index contributed by atoms with van der Waals surface area (Å²) in [6.07, 6.45) is 3.29. The lowest BCUT2D eigenvalue weighted by molar-refractivity contribution is -0.402. The van der Waals surface area contributed by atoms with Gasteiger partial charge in [-0.15, -0.1) is 0 Å². The van der Waals surface area contributed by atoms with Crippen LogP contribution in [0, 0.1) is 10.1 Å². The minimum Gasteiger partial charge on any atom is -0.404 e. The van der Waals surface area contributed by atoms with Crippen molar-refractivity contribution in [2.24, 2.45) is 0 Å². The van der Waals surface area contributed by atoms with E-state index in [0.717, 1.165) is 5.69 Å². The number of nitrogens with one attached hydrogen (secondary N) is 2. The van der Waals surface area contributed by atoms with Crippen molar-refractivity contribution in [2.45, 2.75) is 6.54 Å². The molecule has 78 valence electrons. The zero-order chi connectivity index (χ0) is 10.7. The Morgan fingerprint density at radius 1 is 1.60 bits per heavy atom. The monoisotopic (exact) mass is 208 g/mol. The molecule has 0 atom stereocenters. The minimum absolute atomic E-state index is 0.251. The van der Waals surface area contributed by atoms with Gasteiger partial charge in [-0.1, -0.05) is 0 Å². The highest BCUT2D eigenvalue weighted by atomic mass is 16.6. The lowest BCUT2D eigenvalue weighted by Crippen LogP contribution is -1.96. The van der Waals surface area contributed by atoms with Crippen LogP contribution in [0.3, 0.4) is 0 Å². The van der Waals surface area contributed by atoms with E-state index in [9.17, 15) is 10.1 Å². The van der Waals surface area contributed by atoms with Crippen molar-refractivity contribution in [1.29, 1.82) is 0 Å². The summed E-state index contributed by atoms with van der Waals surface area (Å²) in [5.74, 6) is 0.252. The van der Waals surface area contributed by atoms with Gasteiger partial charge in [0, 0.05) is 6.20 Å². The number of hydrogen-bond donors (Lipinski definition) is 2. The third kappa shape index (κ3) is 2.13. The van der Waals surface area contributed by atoms with Crippen LogP contribution >= 0.6 is 0 Å². The molecule has 0 aromatic carbocycles. The number of anilines is 1. The second-order valence-electron chi connectivity index (χ2n) is 2.84. The number of aromatic amines is 1. The van der Waals surface area contributed by atoms with Crippen molar-refractivity contribution in [3.05, 3.63) is 40.4 Å². The van der Waals surface area contributed by atoms with E-state index in [1.54, 1.807) is 18.5 Å². The smallest absolute Gasteiger partial charge is 0.404 e. The van der Waals surface area contributed by atoms with Crippen molar-refractivity contribution in [3.63, 3.8) is 0 Å². The van der Waals surface area contributed by atoms with Crippen molar-refractivity contribution >= 4 is 11.6 Å². The van der Waals surface area contributed by atoms with Crippen LogP contribution in [0.5, 0.6) is 0 Å². The molecule has 0 aliphatic heterocycles. The van der Waals surface area contributed by atoms with Crippen LogP contribution in [0.15, 0.2) is 28.9 Å². The summed E-state index contributed by atoms with van der Waals surface area (Å²) in [4.78, 5) is 9.76. The number of hydrogen-bond acceptors (Lipinski definition) is 5. The molecular weight excluding hydrogens is 200 g/mol. The van der Waals surface area contributed by atoms with Gasteiger partial charge in [0.15, 0.2) is 0 Å². The van der Waals surface area contributed by atoms with Gasteiger partial charge in [0.05, 0.1) is 24.5 Å². The maximum Gasteiger partial charge on any atom is 0.433 e. The van der Waals surface area contributed by atoms with Crippen molar-refractivity contribution in [1.82, 2.24) is 10.2 Å². The lowest BCUT2D eigenvalue weighted by atomic mass is 10.4. The zero-order valence-electron chi connectivity index (χ0n) is 7.64. The molecule has 0 spiro atoms. The minimum atomic E-state index is -0.568. The molecule has 7 nitrogen and oxygen atoms in total. The summed E-state index contributed by atoms with van der Waals surface area (Å²) in [7, 11) is 0. The van der Waals surface area contributed by atoms with E-state index in [-0.39, 0.29) is 5.88 Å². The van der Waals surface area contributed by atoms with E-state index >= 15 is 0 Å². The SMILES string of the molecule is O=[N+]([O-])c1ccc(CNc2cn[nH]c2)o1. The summed E-state index contributed by atoms with van der Waals surface area (Å²) in [5, 5.41) is 19.7. The Bertz CT molecular complexity index is 448. The Morgan fingerprint density at radius 2 is 2.47 bits per heavy atom. The average Bonchev–Trinajstić information content (AvgIpc) is 2.86. The maximum absolute atomic E-state index is 10.3. The predicted molar refractivity (Wildman–Crippen MR) is 51.3 cm³/mol. The van der Waals surface area contributed by atoms with Crippen LogP contribution in [0.25, 0.3) is 0 Å². The lowest BCUT2D eigenvalue weighted by Gasteiger charge is -1.97. The maximum atomic E-state index is 10.3. The van der Waals surface area contributed by atoms with Crippen LogP contribution in [0.4, 0.5) is 11.6 Å². The summed E-state index contributed by atoms with van der Waals surface area (Å²) in [6, 6.07) is 2.89. The molecule has 2 N–H and O–H groups in total. The predicted octanol–water partition coefficient (Wildman–Crippen LogP) is 1.52. The highest BCUT2D eigenvalue weighted by Crippen LogP contribution is 2.16. The summed E-state index contributed by atoms with van der Waals surface area (Å²) in [5.41, 5.74) is 0.800. The molecule has 0 radical (unpaired) electrons. The Labute approximate surface area is 84.2 Å². The fourth-order valence-corrected chi connectivity index (χ4v) is 1.10. The second-order valence-corrected chi connectivity index (χ2v) is 2.84. The Balaban J connectivity index is 1.96. The number of nitro groups is 1. The molecule has 0 aliphatic rings. The highest BCUT2D eigenvalue weighted by Gasteiger charge is 2.11. The van der Waals surface area contributed by atoms with Crippen molar-refractivity contribution in [3.8, 4) is 0 Å². The Kier molecular flexibility index (Phi) is 2.36. The van der Waals surface area contributed by atoms with Gasteiger partial charge in [-0.3, -0.25) is 15.2 Å². The molecule has 0 unspecified atom stereocenters. The Morgan fingerprint density at radius 3 is 3.07 bits per heavy atom. The first-order valence-electron chi connectivity index (χ1n) is 4.21. The van der Waals surface area contributed by atoms with E-state index in [4.69, 9.17) is 4.42 Å². The topological polar surface area (TPSA) is 97.0 Å². The standard InChI is InChI=1S/C8H8N4O3/c13-12(14)8-2-1-7(15-8)5-9-6-3-10-11-4-6/h1-4,9H,5H2,(H,10,11). The van der Waals surface area contributed by atoms with Gasteiger partial charge in [-0.2, -0.15) is 5.10 Å². The van der Waals surface area contributed by atoms with E-state index in [0.29, 0.717) is 12.3 Å². The fraction of sp³-hybridized carbons (Fsp3) is 0.125. The van der Waals surface area contributed by atoms with Gasteiger partial charge in [0.1, 0.15) is 10.7 Å².